The van der Waals surface area contributed by atoms with Gasteiger partial charge in [-0.05, 0) is 130 Å². The summed E-state index contributed by atoms with van der Waals surface area (Å²) in [5, 5.41) is 6.27. The standard InChI is InChI=1S/C54H33NO/c1-56-36-25-22-32(23-26-36)35-24-27-37-39-19-11-21-47-52(39)46(45(37)30-35)31-48(55-47)38-28-29-44-51-40(38)18-10-20-43(51)53-49(33-12-4-2-5-13-33)41-16-8-9-17-42(41)50(54(44)53)34-14-6-3-7-15-34/h2-31H,1H3. The molecule has 260 valence electrons. The van der Waals surface area contributed by atoms with Crippen LogP contribution in [0.25, 0.3) is 122 Å². The summed E-state index contributed by atoms with van der Waals surface area (Å²) < 4.78 is 5.45. The molecule has 0 fully saturated rings. The van der Waals surface area contributed by atoms with E-state index in [1.54, 1.807) is 7.11 Å². The van der Waals surface area contributed by atoms with E-state index in [-0.39, 0.29) is 0 Å². The molecule has 0 amide bonds. The fourth-order valence-electron chi connectivity index (χ4n) is 9.66. The Morgan fingerprint density at radius 3 is 1.61 bits per heavy atom. The van der Waals surface area contributed by atoms with Gasteiger partial charge in [0.05, 0.1) is 18.3 Å². The lowest BCUT2D eigenvalue weighted by Gasteiger charge is -2.20. The van der Waals surface area contributed by atoms with Crippen LogP contribution in [0.1, 0.15) is 0 Å². The largest absolute Gasteiger partial charge is 0.497 e. The average molecular weight is 712 g/mol. The van der Waals surface area contributed by atoms with Crippen LogP contribution in [0.4, 0.5) is 0 Å². The lowest BCUT2D eigenvalue weighted by Crippen LogP contribution is -1.93. The molecule has 0 spiro atoms. The van der Waals surface area contributed by atoms with E-state index in [1.165, 1.54) is 105 Å². The van der Waals surface area contributed by atoms with E-state index in [2.05, 4.69) is 170 Å². The summed E-state index contributed by atoms with van der Waals surface area (Å²) in [6.07, 6.45) is 0. The van der Waals surface area contributed by atoms with Gasteiger partial charge in [-0.3, -0.25) is 0 Å². The fourth-order valence-corrected chi connectivity index (χ4v) is 9.66. The quantitative estimate of drug-likeness (QED) is 0.177. The minimum Gasteiger partial charge on any atom is -0.497 e. The second-order valence-electron chi connectivity index (χ2n) is 14.9. The number of hydrogen-bond donors (Lipinski definition) is 0. The van der Waals surface area contributed by atoms with Gasteiger partial charge >= 0.3 is 0 Å². The van der Waals surface area contributed by atoms with E-state index in [9.17, 15) is 0 Å². The Morgan fingerprint density at radius 1 is 0.339 bits per heavy atom. The van der Waals surface area contributed by atoms with Crippen LogP contribution < -0.4 is 4.74 Å². The van der Waals surface area contributed by atoms with Gasteiger partial charge in [0.15, 0.2) is 0 Å². The number of benzene rings is 9. The molecule has 0 radical (unpaired) electrons. The number of fused-ring (bicyclic) bond motifs is 7. The van der Waals surface area contributed by atoms with E-state index in [0.717, 1.165) is 22.5 Å². The molecule has 0 N–H and O–H groups in total. The van der Waals surface area contributed by atoms with Crippen molar-refractivity contribution >= 4 is 32.4 Å². The third-order valence-corrected chi connectivity index (χ3v) is 12.1. The minimum atomic E-state index is 0.858. The van der Waals surface area contributed by atoms with Gasteiger partial charge in [-0.2, -0.15) is 0 Å². The van der Waals surface area contributed by atoms with Crippen LogP contribution in [0.3, 0.4) is 0 Å². The van der Waals surface area contributed by atoms with Gasteiger partial charge in [0, 0.05) is 10.9 Å². The van der Waals surface area contributed by atoms with Crippen LogP contribution in [0.5, 0.6) is 5.75 Å². The zero-order valence-corrected chi connectivity index (χ0v) is 30.7. The normalized spacial score (nSPS) is 12.0. The third-order valence-electron chi connectivity index (χ3n) is 12.1. The molecule has 1 aromatic heterocycles. The van der Waals surface area contributed by atoms with Crippen molar-refractivity contribution < 1.29 is 4.74 Å². The first-order valence-electron chi connectivity index (χ1n) is 19.2. The molecular weight excluding hydrogens is 679 g/mol. The number of methoxy groups -OCH3 is 1. The van der Waals surface area contributed by atoms with Gasteiger partial charge in [0.1, 0.15) is 5.75 Å². The number of nitrogens with zero attached hydrogens (tertiary/aromatic N) is 1. The van der Waals surface area contributed by atoms with Gasteiger partial charge in [0.25, 0.3) is 0 Å². The van der Waals surface area contributed by atoms with Crippen LogP contribution in [-0.2, 0) is 0 Å². The minimum absolute atomic E-state index is 0.858. The van der Waals surface area contributed by atoms with Crippen LogP contribution in [0.15, 0.2) is 182 Å². The topological polar surface area (TPSA) is 22.1 Å². The Labute approximate surface area is 325 Å². The molecule has 9 aromatic carbocycles. The SMILES string of the molecule is COc1ccc(-c2ccc3c(c2)-c2cc(-c4ccc5c6c(cccc46)-c4c-5c(-c5ccccc5)c5ccccc5c4-c4ccccc4)nc4cccc-3c24)cc1. The predicted octanol–water partition coefficient (Wildman–Crippen LogP) is 14.5. The van der Waals surface area contributed by atoms with E-state index in [1.807, 2.05) is 12.1 Å². The Hall–Kier alpha value is -7.29. The van der Waals surface area contributed by atoms with Gasteiger partial charge in [-0.1, -0.05) is 152 Å². The molecule has 56 heavy (non-hydrogen) atoms. The van der Waals surface area contributed by atoms with Crippen LogP contribution >= 0.6 is 0 Å². The van der Waals surface area contributed by atoms with Gasteiger partial charge in [-0.25, -0.2) is 4.98 Å². The van der Waals surface area contributed by atoms with Gasteiger partial charge in [0.2, 0.25) is 0 Å². The zero-order valence-electron chi connectivity index (χ0n) is 30.7. The highest BCUT2D eigenvalue weighted by molar-refractivity contribution is 6.29. The summed E-state index contributed by atoms with van der Waals surface area (Å²) >= 11 is 0. The van der Waals surface area contributed by atoms with Crippen LogP contribution in [0.2, 0.25) is 0 Å². The van der Waals surface area contributed by atoms with Crippen molar-refractivity contribution in [3.8, 4) is 94.9 Å². The summed E-state index contributed by atoms with van der Waals surface area (Å²) in [7, 11) is 1.71. The predicted molar refractivity (Wildman–Crippen MR) is 234 cm³/mol. The van der Waals surface area contributed by atoms with Crippen LogP contribution in [-0.4, -0.2) is 12.1 Å². The van der Waals surface area contributed by atoms with Gasteiger partial charge < -0.3 is 4.74 Å². The summed E-state index contributed by atoms with van der Waals surface area (Å²) in [6.45, 7) is 0. The van der Waals surface area contributed by atoms with Crippen molar-refractivity contribution in [3.63, 3.8) is 0 Å². The highest BCUT2D eigenvalue weighted by Crippen LogP contribution is 2.59. The molecule has 0 saturated heterocycles. The first kappa shape index (κ1) is 31.1. The molecule has 2 heteroatoms. The smallest absolute Gasteiger partial charge is 0.118 e. The van der Waals surface area contributed by atoms with E-state index < -0.39 is 0 Å². The molecule has 2 aliphatic carbocycles. The Balaban J connectivity index is 1.11. The molecule has 2 aliphatic rings. The molecular formula is C54H33NO. The first-order chi connectivity index (χ1) is 27.7. The van der Waals surface area contributed by atoms with E-state index in [4.69, 9.17) is 9.72 Å². The fraction of sp³-hybridized carbons (Fsp3) is 0.0185. The molecule has 10 aromatic rings. The number of ether oxygens (including phenoxy) is 1. The van der Waals surface area contributed by atoms with Gasteiger partial charge in [-0.15, -0.1) is 0 Å². The number of pyridine rings is 1. The maximum atomic E-state index is 5.45. The highest BCUT2D eigenvalue weighted by atomic mass is 16.5. The van der Waals surface area contributed by atoms with Crippen molar-refractivity contribution in [2.45, 2.75) is 0 Å². The highest BCUT2D eigenvalue weighted by Gasteiger charge is 2.32. The summed E-state index contributed by atoms with van der Waals surface area (Å²) in [4.78, 5) is 5.43. The van der Waals surface area contributed by atoms with Crippen molar-refractivity contribution in [3.05, 3.63) is 182 Å². The lowest BCUT2D eigenvalue weighted by molar-refractivity contribution is 0.415. The zero-order chi connectivity index (χ0) is 36.9. The van der Waals surface area contributed by atoms with Crippen molar-refractivity contribution in [2.75, 3.05) is 7.11 Å². The summed E-state index contributed by atoms with van der Waals surface area (Å²) in [5.74, 6) is 0.858. The molecule has 0 unspecified atom stereocenters. The van der Waals surface area contributed by atoms with Crippen molar-refractivity contribution in [1.82, 2.24) is 4.98 Å². The molecule has 0 atom stereocenters. The first-order valence-corrected chi connectivity index (χ1v) is 19.2. The second kappa shape index (κ2) is 11.9. The molecule has 0 saturated carbocycles. The lowest BCUT2D eigenvalue weighted by atomic mass is 9.82. The number of aromatic nitrogens is 1. The number of rotatable bonds is 5. The van der Waals surface area contributed by atoms with E-state index >= 15 is 0 Å². The maximum Gasteiger partial charge on any atom is 0.118 e. The van der Waals surface area contributed by atoms with Crippen molar-refractivity contribution in [1.29, 1.82) is 0 Å². The average Bonchev–Trinajstić information content (AvgIpc) is 3.77. The second-order valence-corrected chi connectivity index (χ2v) is 14.9. The molecule has 2 nitrogen and oxygen atoms in total. The van der Waals surface area contributed by atoms with Crippen molar-refractivity contribution in [2.24, 2.45) is 0 Å². The molecule has 0 aliphatic heterocycles. The molecule has 12 rings (SSSR count). The summed E-state index contributed by atoms with van der Waals surface area (Å²) in [5.41, 5.74) is 20.7. The monoisotopic (exact) mass is 711 g/mol. The van der Waals surface area contributed by atoms with E-state index in [0.29, 0.717) is 0 Å². The Morgan fingerprint density at radius 2 is 0.911 bits per heavy atom. The third kappa shape index (κ3) is 4.35. The Bertz CT molecular complexity index is 3160. The molecule has 0 bridgehead atoms. The van der Waals surface area contributed by atoms with Crippen LogP contribution in [0, 0.1) is 0 Å². The number of hydrogen-bond acceptors (Lipinski definition) is 2. The maximum absolute atomic E-state index is 5.45. The molecule has 1 heterocycles. The summed E-state index contributed by atoms with van der Waals surface area (Å²) in [6, 6.07) is 66.4. The Kier molecular flexibility index (Phi) is 6.58.